The SMILES string of the molecule is Cc1cc(C)cc(C(=O)O)c1.Cc1ccc(Cc2ccc(C)c(OC=O)c2)cc1C. The van der Waals surface area contributed by atoms with E-state index in [-0.39, 0.29) is 0 Å². The molecule has 0 fully saturated rings. The summed E-state index contributed by atoms with van der Waals surface area (Å²) in [5.74, 6) is -0.229. The van der Waals surface area contributed by atoms with E-state index in [9.17, 15) is 9.59 Å². The highest BCUT2D eigenvalue weighted by Gasteiger charge is 2.04. The van der Waals surface area contributed by atoms with Gasteiger partial charge < -0.3 is 9.84 Å². The van der Waals surface area contributed by atoms with Crippen molar-refractivity contribution in [1.29, 1.82) is 0 Å². The summed E-state index contributed by atoms with van der Waals surface area (Å²) in [6.45, 7) is 10.4. The second kappa shape index (κ2) is 10.4. The van der Waals surface area contributed by atoms with E-state index in [0.717, 1.165) is 28.7 Å². The van der Waals surface area contributed by atoms with Crippen LogP contribution in [0.25, 0.3) is 0 Å². The molecule has 0 amide bonds. The number of carboxylic acids is 1. The molecule has 0 spiro atoms. The van der Waals surface area contributed by atoms with Crippen LogP contribution in [0.3, 0.4) is 0 Å². The lowest BCUT2D eigenvalue weighted by atomic mass is 9.99. The molecule has 4 nitrogen and oxygen atoms in total. The molecule has 4 heteroatoms. The zero-order valence-corrected chi connectivity index (χ0v) is 18.2. The Morgan fingerprint density at radius 1 is 0.800 bits per heavy atom. The van der Waals surface area contributed by atoms with Gasteiger partial charge in [-0.2, -0.15) is 0 Å². The van der Waals surface area contributed by atoms with Crippen molar-refractivity contribution in [1.82, 2.24) is 0 Å². The van der Waals surface area contributed by atoms with Crippen LogP contribution < -0.4 is 4.74 Å². The fourth-order valence-electron chi connectivity index (χ4n) is 3.18. The fourth-order valence-corrected chi connectivity index (χ4v) is 3.18. The van der Waals surface area contributed by atoms with E-state index < -0.39 is 5.97 Å². The lowest BCUT2D eigenvalue weighted by Crippen LogP contribution is -1.96. The molecule has 1 N–H and O–H groups in total. The molecule has 0 bridgehead atoms. The molecule has 0 aliphatic heterocycles. The molecule has 0 aliphatic rings. The number of ether oxygens (including phenoxy) is 1. The normalized spacial score (nSPS) is 10.0. The number of carbonyl (C=O) groups is 2. The van der Waals surface area contributed by atoms with Crippen molar-refractivity contribution < 1.29 is 19.4 Å². The third kappa shape index (κ3) is 6.59. The van der Waals surface area contributed by atoms with Gasteiger partial charge in [0.15, 0.2) is 0 Å². The summed E-state index contributed by atoms with van der Waals surface area (Å²) in [5.41, 5.74) is 8.32. The highest BCUT2D eigenvalue weighted by molar-refractivity contribution is 5.88. The number of rotatable bonds is 5. The van der Waals surface area contributed by atoms with Crippen molar-refractivity contribution in [3.63, 3.8) is 0 Å². The molecule has 0 aliphatic carbocycles. The number of carbonyl (C=O) groups excluding carboxylic acids is 1. The Bertz CT molecular complexity index is 1030. The first kappa shape index (κ1) is 22.9. The van der Waals surface area contributed by atoms with Gasteiger partial charge in [0.25, 0.3) is 6.47 Å². The standard InChI is InChI=1S/C17H18O2.C9H10O2/c1-12-4-6-15(8-14(12)3)9-16-7-5-13(2)17(10-16)19-11-18;1-6-3-7(2)5-8(4-6)9(10)11/h4-8,10-11H,9H2,1-3H3;3-5H,1-2H3,(H,10,11). The first-order valence-electron chi connectivity index (χ1n) is 9.77. The van der Waals surface area contributed by atoms with Crippen LogP contribution in [-0.4, -0.2) is 17.5 Å². The van der Waals surface area contributed by atoms with Gasteiger partial charge in [-0.25, -0.2) is 4.79 Å². The molecule has 0 heterocycles. The van der Waals surface area contributed by atoms with Crippen molar-refractivity contribution in [2.75, 3.05) is 0 Å². The van der Waals surface area contributed by atoms with Gasteiger partial charge in [-0.1, -0.05) is 47.5 Å². The largest absolute Gasteiger partial charge is 0.478 e. The maximum Gasteiger partial charge on any atom is 0.335 e. The first-order chi connectivity index (χ1) is 14.2. The van der Waals surface area contributed by atoms with Gasteiger partial charge in [0.1, 0.15) is 5.75 Å². The Hall–Kier alpha value is -3.40. The van der Waals surface area contributed by atoms with Crippen molar-refractivity contribution in [2.24, 2.45) is 0 Å². The zero-order chi connectivity index (χ0) is 22.3. The maximum atomic E-state index is 10.5. The summed E-state index contributed by atoms with van der Waals surface area (Å²) in [4.78, 5) is 21.0. The minimum absolute atomic E-state index is 0.363. The Kier molecular flexibility index (Phi) is 7.93. The smallest absolute Gasteiger partial charge is 0.335 e. The van der Waals surface area contributed by atoms with Crippen LogP contribution in [0.4, 0.5) is 0 Å². The predicted octanol–water partition coefficient (Wildman–Crippen LogP) is 5.74. The summed E-state index contributed by atoms with van der Waals surface area (Å²) in [6, 6.07) is 17.7. The molecule has 0 radical (unpaired) electrons. The van der Waals surface area contributed by atoms with Gasteiger partial charge >= 0.3 is 5.97 Å². The Labute approximate surface area is 178 Å². The van der Waals surface area contributed by atoms with Crippen molar-refractivity contribution in [3.05, 3.63) is 99.1 Å². The van der Waals surface area contributed by atoms with Gasteiger partial charge in [-0.3, -0.25) is 4.79 Å². The van der Waals surface area contributed by atoms with Crippen molar-refractivity contribution >= 4 is 12.4 Å². The highest BCUT2D eigenvalue weighted by Crippen LogP contribution is 2.21. The van der Waals surface area contributed by atoms with Crippen molar-refractivity contribution in [3.8, 4) is 5.75 Å². The zero-order valence-electron chi connectivity index (χ0n) is 18.2. The first-order valence-corrected chi connectivity index (χ1v) is 9.77. The lowest BCUT2D eigenvalue weighted by molar-refractivity contribution is -0.120. The van der Waals surface area contributed by atoms with E-state index in [0.29, 0.717) is 17.8 Å². The number of carboxylic acid groups (broad SMARTS) is 1. The average molecular weight is 405 g/mol. The molecule has 3 rings (SSSR count). The van der Waals surface area contributed by atoms with Gasteiger partial charge in [0, 0.05) is 0 Å². The molecule has 0 unspecified atom stereocenters. The second-order valence-corrected chi connectivity index (χ2v) is 7.59. The fraction of sp³-hybridized carbons (Fsp3) is 0.231. The quantitative estimate of drug-likeness (QED) is 0.551. The minimum Gasteiger partial charge on any atom is -0.478 e. The summed E-state index contributed by atoms with van der Waals surface area (Å²) in [7, 11) is 0. The molecular formula is C26H28O4. The summed E-state index contributed by atoms with van der Waals surface area (Å²) < 4.78 is 4.98. The van der Waals surface area contributed by atoms with Crippen LogP contribution in [0, 0.1) is 34.6 Å². The number of hydrogen-bond donors (Lipinski definition) is 1. The van der Waals surface area contributed by atoms with Gasteiger partial charge in [-0.05, 0) is 87.1 Å². The summed E-state index contributed by atoms with van der Waals surface area (Å²) in [6.07, 6.45) is 0.844. The number of aryl methyl sites for hydroxylation is 5. The van der Waals surface area contributed by atoms with Crippen LogP contribution in [0.2, 0.25) is 0 Å². The monoisotopic (exact) mass is 404 g/mol. The van der Waals surface area contributed by atoms with Gasteiger partial charge in [-0.15, -0.1) is 0 Å². The Morgan fingerprint density at radius 3 is 1.90 bits per heavy atom. The van der Waals surface area contributed by atoms with Crippen molar-refractivity contribution in [2.45, 2.75) is 41.0 Å². The highest BCUT2D eigenvalue weighted by atomic mass is 16.5. The summed E-state index contributed by atoms with van der Waals surface area (Å²) in [5, 5.41) is 8.63. The van der Waals surface area contributed by atoms with E-state index in [2.05, 4.69) is 38.1 Å². The van der Waals surface area contributed by atoms with Gasteiger partial charge in [0.2, 0.25) is 0 Å². The molecule has 156 valence electrons. The predicted molar refractivity (Wildman–Crippen MR) is 119 cm³/mol. The second-order valence-electron chi connectivity index (χ2n) is 7.59. The molecule has 0 atom stereocenters. The van der Waals surface area contributed by atoms with E-state index in [1.165, 1.54) is 16.7 Å². The molecule has 0 saturated heterocycles. The van der Waals surface area contributed by atoms with Gasteiger partial charge in [0.05, 0.1) is 5.56 Å². The number of benzene rings is 3. The Balaban J connectivity index is 0.000000248. The van der Waals surface area contributed by atoms with E-state index >= 15 is 0 Å². The maximum absolute atomic E-state index is 10.5. The van der Waals surface area contributed by atoms with Crippen LogP contribution in [-0.2, 0) is 11.2 Å². The van der Waals surface area contributed by atoms with Crippen LogP contribution in [0.15, 0.2) is 54.6 Å². The molecule has 0 saturated carbocycles. The number of aromatic carboxylic acids is 1. The molecule has 30 heavy (non-hydrogen) atoms. The molecule has 3 aromatic rings. The average Bonchev–Trinajstić information content (AvgIpc) is 2.67. The minimum atomic E-state index is -0.864. The van der Waals surface area contributed by atoms with Crippen LogP contribution in [0.1, 0.15) is 49.3 Å². The molecular weight excluding hydrogens is 376 g/mol. The summed E-state index contributed by atoms with van der Waals surface area (Å²) >= 11 is 0. The van der Waals surface area contributed by atoms with Crippen LogP contribution >= 0.6 is 0 Å². The molecule has 0 aromatic heterocycles. The van der Waals surface area contributed by atoms with E-state index in [1.807, 2.05) is 39.0 Å². The number of hydrogen-bond acceptors (Lipinski definition) is 3. The topological polar surface area (TPSA) is 63.6 Å². The third-order valence-electron chi connectivity index (χ3n) is 4.88. The third-order valence-corrected chi connectivity index (χ3v) is 4.88. The Morgan fingerprint density at radius 2 is 1.37 bits per heavy atom. The van der Waals surface area contributed by atoms with E-state index in [4.69, 9.17) is 9.84 Å². The lowest BCUT2D eigenvalue weighted by Gasteiger charge is -2.08. The van der Waals surface area contributed by atoms with Crippen LogP contribution in [0.5, 0.6) is 5.75 Å². The molecule has 3 aromatic carbocycles. The van der Waals surface area contributed by atoms with E-state index in [1.54, 1.807) is 12.1 Å².